The van der Waals surface area contributed by atoms with Crippen LogP contribution in [0.25, 0.3) is 11.2 Å². The number of H-pyrrole nitrogens is 1. The third-order valence-electron chi connectivity index (χ3n) is 4.87. The summed E-state index contributed by atoms with van der Waals surface area (Å²) in [7, 11) is 0. The van der Waals surface area contributed by atoms with Crippen molar-refractivity contribution in [1.29, 1.82) is 0 Å². The molecule has 5 rings (SSSR count). The molecule has 0 amide bonds. The van der Waals surface area contributed by atoms with Crippen molar-refractivity contribution >= 4 is 53.1 Å². The van der Waals surface area contributed by atoms with Gasteiger partial charge in [0.05, 0.1) is 6.61 Å². The van der Waals surface area contributed by atoms with E-state index < -0.39 is 36.8 Å². The van der Waals surface area contributed by atoms with Crippen LogP contribution in [-0.4, -0.2) is 49.5 Å². The normalized spacial score (nSPS) is 30.5. The van der Waals surface area contributed by atoms with Crippen molar-refractivity contribution < 1.29 is 23.8 Å². The fourth-order valence-corrected chi connectivity index (χ4v) is 5.88. The summed E-state index contributed by atoms with van der Waals surface area (Å²) in [5, 5.41) is 11.2. The molecule has 6 N–H and O–H groups in total. The number of nitrogen functional groups attached to an aromatic ring is 2. The summed E-state index contributed by atoms with van der Waals surface area (Å²) in [6.07, 6.45) is -4.10. The second-order valence-electron chi connectivity index (χ2n) is 6.90. The van der Waals surface area contributed by atoms with Crippen LogP contribution in [0.2, 0.25) is 0 Å². The van der Waals surface area contributed by atoms with Crippen LogP contribution in [0.3, 0.4) is 0 Å². The molecule has 3 unspecified atom stereocenters. The number of nitrogens with zero attached hydrogens (tertiary/aromatic N) is 3. The van der Waals surface area contributed by atoms with Crippen LogP contribution >= 0.6 is 18.5 Å². The van der Waals surface area contributed by atoms with Gasteiger partial charge in [0.25, 0.3) is 5.56 Å². The standard InChI is InChI=1S/C16H17N6O6PS2/c17-6-3-1-2-4-8(6)31-16-19-9-12(20-15(18)21-13(9)24)22(16)14-10(23)11-7(27-14)5-26-29(25,30)28-11/h1-4,7,10-11,14,23H,5,17H2,(H,25,30)(H3,18,20,21,24)/p-1/t7?,10?,11-,14-,29?/m1/s1. The SMILES string of the molecule is Nc1nc2c(nc(Sc3ccccc3N)n2[C@@H]2OC3COP([O-])(=S)O[C@H]3C2O)c(=O)[nH]1. The highest BCUT2D eigenvalue weighted by Gasteiger charge is 2.50. The lowest BCUT2D eigenvalue weighted by Crippen LogP contribution is -2.41. The average Bonchev–Trinajstić information content (AvgIpc) is 3.20. The van der Waals surface area contributed by atoms with Gasteiger partial charge < -0.3 is 35.3 Å². The van der Waals surface area contributed by atoms with E-state index in [2.05, 4.69) is 15.0 Å². The molecule has 1 aromatic carbocycles. The van der Waals surface area contributed by atoms with Gasteiger partial charge in [0, 0.05) is 10.6 Å². The predicted octanol–water partition coefficient (Wildman–Crippen LogP) is -0.306. The first-order chi connectivity index (χ1) is 14.7. The lowest BCUT2D eigenvalue weighted by molar-refractivity contribution is -0.227. The molecule has 2 aliphatic rings. The number of fused-ring (bicyclic) bond motifs is 2. The van der Waals surface area contributed by atoms with Crippen LogP contribution in [0.15, 0.2) is 39.1 Å². The Bertz CT molecular complexity index is 1280. The molecule has 0 aliphatic carbocycles. The van der Waals surface area contributed by atoms with E-state index in [1.807, 2.05) is 0 Å². The molecule has 2 saturated heterocycles. The molecule has 31 heavy (non-hydrogen) atoms. The van der Waals surface area contributed by atoms with Crippen LogP contribution in [0.4, 0.5) is 11.6 Å². The summed E-state index contributed by atoms with van der Waals surface area (Å²) in [4.78, 5) is 36.1. The third kappa shape index (κ3) is 3.64. The van der Waals surface area contributed by atoms with E-state index in [9.17, 15) is 14.8 Å². The van der Waals surface area contributed by atoms with E-state index in [-0.39, 0.29) is 28.9 Å². The number of para-hydroxylation sites is 1. The van der Waals surface area contributed by atoms with E-state index in [0.717, 1.165) is 11.8 Å². The van der Waals surface area contributed by atoms with Crippen molar-refractivity contribution in [2.75, 3.05) is 18.1 Å². The van der Waals surface area contributed by atoms with Gasteiger partial charge in [-0.05, 0) is 23.9 Å². The summed E-state index contributed by atoms with van der Waals surface area (Å²) in [6, 6.07) is 7.09. The smallest absolute Gasteiger partial charge is 0.280 e. The minimum atomic E-state index is -3.73. The first kappa shape index (κ1) is 20.8. The minimum Gasteiger partial charge on any atom is -0.780 e. The van der Waals surface area contributed by atoms with Gasteiger partial charge >= 0.3 is 0 Å². The number of ether oxygens (including phenoxy) is 1. The third-order valence-corrected chi connectivity index (χ3v) is 7.47. The summed E-state index contributed by atoms with van der Waals surface area (Å²) >= 11 is 5.94. The second kappa shape index (κ2) is 7.53. The number of rotatable bonds is 3. The molecule has 15 heteroatoms. The topological polar surface area (TPSA) is 187 Å². The fraction of sp³-hybridized carbons (Fsp3) is 0.312. The monoisotopic (exact) mass is 483 g/mol. The van der Waals surface area contributed by atoms with Crippen LogP contribution < -0.4 is 21.9 Å². The van der Waals surface area contributed by atoms with E-state index in [1.165, 1.54) is 4.57 Å². The molecular formula is C16H16N6O6PS2-. The van der Waals surface area contributed by atoms with Gasteiger partial charge in [-0.2, -0.15) is 4.98 Å². The molecular weight excluding hydrogens is 467 g/mol. The number of aliphatic hydroxyl groups is 1. The lowest BCUT2D eigenvalue weighted by Gasteiger charge is -2.38. The van der Waals surface area contributed by atoms with Gasteiger partial charge in [-0.25, -0.2) is 4.98 Å². The molecule has 164 valence electrons. The molecule has 0 saturated carbocycles. The van der Waals surface area contributed by atoms with Crippen molar-refractivity contribution in [3.63, 3.8) is 0 Å². The molecule has 5 atom stereocenters. The number of aromatic amines is 1. The Morgan fingerprint density at radius 1 is 1.35 bits per heavy atom. The Labute approximate surface area is 183 Å². The highest BCUT2D eigenvalue weighted by molar-refractivity contribution is 8.06. The number of hydrogen-bond donors (Lipinski definition) is 4. The molecule has 2 aliphatic heterocycles. The molecule has 12 nitrogen and oxygen atoms in total. The van der Waals surface area contributed by atoms with Crippen molar-refractivity contribution in [1.82, 2.24) is 19.5 Å². The van der Waals surface area contributed by atoms with Crippen molar-refractivity contribution in [3.8, 4) is 0 Å². The number of hydrogen-bond acceptors (Lipinski definition) is 12. The van der Waals surface area contributed by atoms with Gasteiger partial charge in [-0.3, -0.25) is 14.3 Å². The van der Waals surface area contributed by atoms with E-state index in [0.29, 0.717) is 10.6 Å². The number of imidazole rings is 1. The van der Waals surface area contributed by atoms with Gasteiger partial charge in [0.2, 0.25) is 5.95 Å². The minimum absolute atomic E-state index is 0.00276. The maximum Gasteiger partial charge on any atom is 0.280 e. The quantitative estimate of drug-likeness (QED) is 0.282. The number of nitrogens with two attached hydrogens (primary N) is 2. The van der Waals surface area contributed by atoms with Crippen LogP contribution in [0.5, 0.6) is 0 Å². The number of nitrogens with one attached hydrogen (secondary N) is 1. The molecule has 0 bridgehead atoms. The van der Waals surface area contributed by atoms with Crippen LogP contribution in [-0.2, 0) is 25.6 Å². The first-order valence-corrected chi connectivity index (χ1v) is 12.4. The molecule has 0 spiro atoms. The molecule has 4 heterocycles. The Morgan fingerprint density at radius 2 is 2.13 bits per heavy atom. The highest BCUT2D eigenvalue weighted by atomic mass is 32.5. The van der Waals surface area contributed by atoms with Gasteiger partial charge in [0.1, 0.15) is 25.0 Å². The van der Waals surface area contributed by atoms with Crippen molar-refractivity contribution in [2.24, 2.45) is 0 Å². The fourth-order valence-electron chi connectivity index (χ4n) is 3.50. The zero-order chi connectivity index (χ0) is 21.9. The van der Waals surface area contributed by atoms with E-state index in [1.54, 1.807) is 24.3 Å². The predicted molar refractivity (Wildman–Crippen MR) is 113 cm³/mol. The Hall–Kier alpha value is -2.03. The Balaban J connectivity index is 1.64. The molecule has 3 aromatic rings. The van der Waals surface area contributed by atoms with E-state index in [4.69, 9.17) is 37.1 Å². The largest absolute Gasteiger partial charge is 0.780 e. The zero-order valence-corrected chi connectivity index (χ0v) is 18.1. The summed E-state index contributed by atoms with van der Waals surface area (Å²) in [6.45, 7) is -3.84. The maximum absolute atomic E-state index is 12.4. The Morgan fingerprint density at radius 3 is 2.90 bits per heavy atom. The lowest BCUT2D eigenvalue weighted by atomic mass is 10.1. The number of anilines is 2. The molecule has 2 fully saturated rings. The van der Waals surface area contributed by atoms with Crippen molar-refractivity contribution in [2.45, 2.75) is 34.6 Å². The number of aliphatic hydroxyl groups excluding tert-OH is 1. The summed E-state index contributed by atoms with van der Waals surface area (Å²) in [5.74, 6) is -0.131. The molecule has 2 aromatic heterocycles. The number of aromatic nitrogens is 4. The summed E-state index contributed by atoms with van der Waals surface area (Å²) < 4.78 is 17.7. The Kier molecular flexibility index (Phi) is 5.07. The first-order valence-electron chi connectivity index (χ1n) is 9.01. The highest BCUT2D eigenvalue weighted by Crippen LogP contribution is 2.50. The van der Waals surface area contributed by atoms with Gasteiger partial charge in [-0.1, -0.05) is 23.9 Å². The number of benzene rings is 1. The van der Waals surface area contributed by atoms with Gasteiger partial charge in [-0.15, -0.1) is 0 Å². The second-order valence-corrected chi connectivity index (χ2v) is 10.6. The molecule has 0 radical (unpaired) electrons. The van der Waals surface area contributed by atoms with Crippen molar-refractivity contribution in [3.05, 3.63) is 34.6 Å². The zero-order valence-electron chi connectivity index (χ0n) is 15.6. The summed E-state index contributed by atoms with van der Waals surface area (Å²) in [5.41, 5.74) is 11.8. The van der Waals surface area contributed by atoms with Crippen LogP contribution in [0.1, 0.15) is 6.23 Å². The van der Waals surface area contributed by atoms with Crippen LogP contribution in [0, 0.1) is 0 Å². The van der Waals surface area contributed by atoms with Gasteiger partial charge in [0.15, 0.2) is 22.5 Å². The maximum atomic E-state index is 12.4. The van der Waals surface area contributed by atoms with E-state index >= 15 is 0 Å². The average molecular weight is 483 g/mol.